The quantitative estimate of drug-likeness (QED) is 0.802. The van der Waals surface area contributed by atoms with Crippen molar-refractivity contribution in [3.05, 3.63) is 65.2 Å². The summed E-state index contributed by atoms with van der Waals surface area (Å²) < 4.78 is 0. The largest absolute Gasteiger partial charge is 0.349 e. The van der Waals surface area contributed by atoms with E-state index in [-0.39, 0.29) is 17.9 Å². The summed E-state index contributed by atoms with van der Waals surface area (Å²) in [6.07, 6.45) is 2.82. The standard InChI is InChI=1S/C20H21N3O2/c24-19(22-17-9-10-17)13-5-7-16(8-6-13)23-20(25)18-11-14-3-1-2-4-15(14)12-21-18/h1-8,17-18,21H,9-12H2,(H,22,24)(H,23,25). The van der Waals surface area contributed by atoms with Gasteiger partial charge in [-0.3, -0.25) is 9.59 Å². The molecule has 1 unspecified atom stereocenters. The second-order valence-electron chi connectivity index (χ2n) is 6.72. The van der Waals surface area contributed by atoms with Crippen molar-refractivity contribution in [2.24, 2.45) is 0 Å². The molecule has 2 aliphatic rings. The van der Waals surface area contributed by atoms with Crippen LogP contribution in [-0.2, 0) is 17.8 Å². The second-order valence-corrected chi connectivity index (χ2v) is 6.72. The molecule has 5 heteroatoms. The predicted octanol–water partition coefficient (Wildman–Crippen LogP) is 2.23. The normalized spacial score (nSPS) is 19.0. The van der Waals surface area contributed by atoms with E-state index >= 15 is 0 Å². The molecule has 0 spiro atoms. The summed E-state index contributed by atoms with van der Waals surface area (Å²) in [4.78, 5) is 24.5. The van der Waals surface area contributed by atoms with E-state index in [4.69, 9.17) is 0 Å². The molecule has 1 heterocycles. The number of hydrogen-bond donors (Lipinski definition) is 3. The van der Waals surface area contributed by atoms with Crippen molar-refractivity contribution in [1.29, 1.82) is 0 Å². The number of benzene rings is 2. The van der Waals surface area contributed by atoms with Crippen LogP contribution < -0.4 is 16.0 Å². The van der Waals surface area contributed by atoms with Crippen LogP contribution in [-0.4, -0.2) is 23.9 Å². The summed E-state index contributed by atoms with van der Waals surface area (Å²) in [6, 6.07) is 15.3. The van der Waals surface area contributed by atoms with Crippen molar-refractivity contribution in [3.8, 4) is 0 Å². The molecular weight excluding hydrogens is 314 g/mol. The highest BCUT2D eigenvalue weighted by molar-refractivity contribution is 5.97. The molecule has 2 aromatic carbocycles. The lowest BCUT2D eigenvalue weighted by Gasteiger charge is -2.25. The lowest BCUT2D eigenvalue weighted by molar-refractivity contribution is -0.118. The first-order valence-electron chi connectivity index (χ1n) is 8.71. The number of nitrogens with one attached hydrogen (secondary N) is 3. The summed E-state index contributed by atoms with van der Waals surface area (Å²) >= 11 is 0. The minimum atomic E-state index is -0.243. The number of anilines is 1. The zero-order valence-electron chi connectivity index (χ0n) is 13.9. The van der Waals surface area contributed by atoms with Gasteiger partial charge in [-0.1, -0.05) is 24.3 Å². The molecule has 1 saturated carbocycles. The fourth-order valence-electron chi connectivity index (χ4n) is 3.07. The van der Waals surface area contributed by atoms with Gasteiger partial charge in [0, 0.05) is 23.8 Å². The van der Waals surface area contributed by atoms with Crippen molar-refractivity contribution in [2.75, 3.05) is 5.32 Å². The van der Waals surface area contributed by atoms with Crippen molar-refractivity contribution < 1.29 is 9.59 Å². The average Bonchev–Trinajstić information content (AvgIpc) is 3.46. The molecule has 25 heavy (non-hydrogen) atoms. The van der Waals surface area contributed by atoms with E-state index in [0.29, 0.717) is 30.3 Å². The third kappa shape index (κ3) is 3.72. The van der Waals surface area contributed by atoms with Crippen molar-refractivity contribution in [1.82, 2.24) is 10.6 Å². The van der Waals surface area contributed by atoms with E-state index in [9.17, 15) is 9.59 Å². The number of hydrogen-bond acceptors (Lipinski definition) is 3. The second kappa shape index (κ2) is 6.69. The zero-order valence-corrected chi connectivity index (χ0v) is 13.9. The Morgan fingerprint density at radius 3 is 2.40 bits per heavy atom. The molecule has 1 aliphatic carbocycles. The molecule has 1 aliphatic heterocycles. The number of rotatable bonds is 4. The van der Waals surface area contributed by atoms with Crippen LogP contribution in [0.3, 0.4) is 0 Å². The molecule has 0 bridgehead atoms. The molecule has 4 rings (SSSR count). The van der Waals surface area contributed by atoms with E-state index in [0.717, 1.165) is 12.8 Å². The maximum Gasteiger partial charge on any atom is 0.251 e. The van der Waals surface area contributed by atoms with Gasteiger partial charge in [0.1, 0.15) is 0 Å². The Bertz CT molecular complexity index is 797. The average molecular weight is 335 g/mol. The van der Waals surface area contributed by atoms with Crippen LogP contribution >= 0.6 is 0 Å². The van der Waals surface area contributed by atoms with Crippen LogP contribution in [0, 0.1) is 0 Å². The van der Waals surface area contributed by atoms with Gasteiger partial charge in [0.2, 0.25) is 5.91 Å². The van der Waals surface area contributed by atoms with Gasteiger partial charge < -0.3 is 16.0 Å². The lowest BCUT2D eigenvalue weighted by atomic mass is 9.95. The Hall–Kier alpha value is -2.66. The molecule has 1 fully saturated rings. The first-order valence-corrected chi connectivity index (χ1v) is 8.71. The highest BCUT2D eigenvalue weighted by Crippen LogP contribution is 2.20. The molecule has 128 valence electrons. The SMILES string of the molecule is O=C(NC1CC1)c1ccc(NC(=O)C2Cc3ccccc3CN2)cc1. The maximum absolute atomic E-state index is 12.5. The summed E-state index contributed by atoms with van der Waals surface area (Å²) in [6.45, 7) is 0.703. The van der Waals surface area contributed by atoms with Crippen LogP contribution in [0.2, 0.25) is 0 Å². The third-order valence-corrected chi connectivity index (χ3v) is 4.73. The topological polar surface area (TPSA) is 70.2 Å². The van der Waals surface area contributed by atoms with Crippen molar-refractivity contribution in [3.63, 3.8) is 0 Å². The molecule has 0 aromatic heterocycles. The smallest absolute Gasteiger partial charge is 0.251 e. The number of carbonyl (C=O) groups is 2. The van der Waals surface area contributed by atoms with E-state index in [2.05, 4.69) is 28.1 Å². The Kier molecular flexibility index (Phi) is 4.24. The molecule has 2 aromatic rings. The lowest BCUT2D eigenvalue weighted by Crippen LogP contribution is -2.44. The number of carbonyl (C=O) groups excluding carboxylic acids is 2. The van der Waals surface area contributed by atoms with Gasteiger partial charge in [-0.2, -0.15) is 0 Å². The van der Waals surface area contributed by atoms with Crippen LogP contribution in [0.1, 0.15) is 34.3 Å². The van der Waals surface area contributed by atoms with Crippen LogP contribution in [0.15, 0.2) is 48.5 Å². The fraction of sp³-hybridized carbons (Fsp3) is 0.300. The number of fused-ring (bicyclic) bond motifs is 1. The van der Waals surface area contributed by atoms with Gasteiger partial charge in [-0.05, 0) is 54.7 Å². The highest BCUT2D eigenvalue weighted by atomic mass is 16.2. The van der Waals surface area contributed by atoms with Gasteiger partial charge in [0.15, 0.2) is 0 Å². The molecule has 5 nitrogen and oxygen atoms in total. The molecule has 0 radical (unpaired) electrons. The molecule has 3 N–H and O–H groups in total. The molecule has 0 saturated heterocycles. The van der Waals surface area contributed by atoms with Gasteiger partial charge >= 0.3 is 0 Å². The minimum Gasteiger partial charge on any atom is -0.349 e. The van der Waals surface area contributed by atoms with E-state index < -0.39 is 0 Å². The first-order chi connectivity index (χ1) is 12.2. The Labute approximate surface area is 146 Å². The highest BCUT2D eigenvalue weighted by Gasteiger charge is 2.25. The predicted molar refractivity (Wildman–Crippen MR) is 96.3 cm³/mol. The summed E-state index contributed by atoms with van der Waals surface area (Å²) in [5.74, 6) is -0.101. The van der Waals surface area contributed by atoms with Gasteiger partial charge in [-0.25, -0.2) is 0 Å². The maximum atomic E-state index is 12.5. The Morgan fingerprint density at radius 2 is 1.68 bits per heavy atom. The summed E-state index contributed by atoms with van der Waals surface area (Å²) in [7, 11) is 0. The Morgan fingerprint density at radius 1 is 0.960 bits per heavy atom. The van der Waals surface area contributed by atoms with E-state index in [1.807, 2.05) is 12.1 Å². The zero-order chi connectivity index (χ0) is 17.2. The van der Waals surface area contributed by atoms with Gasteiger partial charge in [0.05, 0.1) is 6.04 Å². The first kappa shape index (κ1) is 15.8. The molecule has 1 atom stereocenters. The summed E-state index contributed by atoms with van der Waals surface area (Å²) in [5, 5.41) is 9.16. The minimum absolute atomic E-state index is 0.0501. The van der Waals surface area contributed by atoms with Crippen LogP contribution in [0.25, 0.3) is 0 Å². The van der Waals surface area contributed by atoms with Crippen molar-refractivity contribution in [2.45, 2.75) is 37.9 Å². The van der Waals surface area contributed by atoms with Crippen LogP contribution in [0.4, 0.5) is 5.69 Å². The Balaban J connectivity index is 1.37. The number of amides is 2. The van der Waals surface area contributed by atoms with Crippen LogP contribution in [0.5, 0.6) is 0 Å². The summed E-state index contributed by atoms with van der Waals surface area (Å²) in [5.41, 5.74) is 3.79. The monoisotopic (exact) mass is 335 g/mol. The third-order valence-electron chi connectivity index (χ3n) is 4.73. The van der Waals surface area contributed by atoms with Gasteiger partial charge in [0.25, 0.3) is 5.91 Å². The van der Waals surface area contributed by atoms with Crippen molar-refractivity contribution >= 4 is 17.5 Å². The molecular formula is C20H21N3O2. The van der Waals surface area contributed by atoms with E-state index in [1.165, 1.54) is 11.1 Å². The van der Waals surface area contributed by atoms with Gasteiger partial charge in [-0.15, -0.1) is 0 Å². The molecule has 2 amide bonds. The van der Waals surface area contributed by atoms with E-state index in [1.54, 1.807) is 24.3 Å². The fourth-order valence-corrected chi connectivity index (χ4v) is 3.07.